The molecule has 2 aromatic rings. The van der Waals surface area contributed by atoms with Crippen molar-refractivity contribution in [3.05, 3.63) is 60.7 Å². The molecule has 0 aliphatic heterocycles. The predicted octanol–water partition coefficient (Wildman–Crippen LogP) is 3.05. The van der Waals surface area contributed by atoms with Crippen LogP contribution in [0.1, 0.15) is 0 Å². The summed E-state index contributed by atoms with van der Waals surface area (Å²) in [5.74, 6) is 0. The van der Waals surface area contributed by atoms with E-state index in [4.69, 9.17) is 0 Å². The van der Waals surface area contributed by atoms with Crippen LogP contribution in [0.3, 0.4) is 0 Å². The molecule has 74 valence electrons. The zero-order chi connectivity index (χ0) is 9.80. The Morgan fingerprint density at radius 1 is 0.867 bits per heavy atom. The van der Waals surface area contributed by atoms with E-state index < -0.39 is 0 Å². The Hall–Kier alpha value is -1.23. The molecule has 0 atom stereocenters. The van der Waals surface area contributed by atoms with Crippen molar-refractivity contribution in [2.24, 2.45) is 0 Å². The number of nitrogens with zero attached hydrogens (tertiary/aromatic N) is 1. The predicted molar refractivity (Wildman–Crippen MR) is 58.6 cm³/mol. The molecule has 0 aliphatic carbocycles. The van der Waals surface area contributed by atoms with Crippen molar-refractivity contribution in [2.45, 2.75) is 0 Å². The fourth-order valence-electron chi connectivity index (χ4n) is 1.31. The van der Waals surface area contributed by atoms with Gasteiger partial charge in [-0.05, 0) is 0 Å². The van der Waals surface area contributed by atoms with Gasteiger partial charge in [0.15, 0.2) is 0 Å². The number of para-hydroxylation sites is 2. The van der Waals surface area contributed by atoms with Gasteiger partial charge in [-0.25, -0.2) is 0 Å². The molecule has 2 heteroatoms. The van der Waals surface area contributed by atoms with Crippen LogP contribution in [0.25, 0.3) is 0 Å². The van der Waals surface area contributed by atoms with Crippen LogP contribution in [0.4, 0.5) is 11.4 Å². The second kappa shape index (κ2) is 5.60. The van der Waals surface area contributed by atoms with E-state index in [1.165, 1.54) is 0 Å². The van der Waals surface area contributed by atoms with Gasteiger partial charge >= 0.3 is 17.4 Å². The van der Waals surface area contributed by atoms with Crippen LogP contribution >= 0.6 is 0 Å². The Balaban J connectivity index is 0.00000112. The van der Waals surface area contributed by atoms with E-state index in [0.29, 0.717) is 0 Å². The Morgan fingerprint density at radius 2 is 1.33 bits per heavy atom. The van der Waals surface area contributed by atoms with Gasteiger partial charge in [-0.3, -0.25) is 0 Å². The van der Waals surface area contributed by atoms with Crippen LogP contribution in [-0.2, 0) is 17.4 Å². The van der Waals surface area contributed by atoms with Gasteiger partial charge in [0, 0.05) is 7.05 Å². The molecule has 1 nitrogen and oxygen atoms in total. The molecule has 0 heterocycles. The molecule has 2 rings (SSSR count). The van der Waals surface area contributed by atoms with Gasteiger partial charge in [-0.2, -0.15) is 48.5 Å². The molecule has 0 unspecified atom stereocenters. The van der Waals surface area contributed by atoms with Gasteiger partial charge in [-0.1, -0.05) is 11.4 Å². The van der Waals surface area contributed by atoms with Gasteiger partial charge < -0.3 is 4.90 Å². The molecule has 0 saturated heterocycles. The Kier molecular flexibility index (Phi) is 4.43. The average molecular weight is 233 g/mol. The fraction of sp³-hybridized carbons (Fsp3) is 0.0769. The fourth-order valence-corrected chi connectivity index (χ4v) is 1.31. The molecular weight excluding hydrogens is 222 g/mol. The van der Waals surface area contributed by atoms with E-state index in [9.17, 15) is 0 Å². The van der Waals surface area contributed by atoms with E-state index in [1.807, 2.05) is 55.6 Å². The summed E-state index contributed by atoms with van der Waals surface area (Å²) in [6.45, 7) is 0. The van der Waals surface area contributed by atoms with E-state index in [0.717, 1.165) is 11.4 Å². The van der Waals surface area contributed by atoms with Crippen molar-refractivity contribution in [2.75, 3.05) is 11.9 Å². The van der Waals surface area contributed by atoms with Gasteiger partial charge in [0.1, 0.15) is 0 Å². The molecule has 0 amide bonds. The van der Waals surface area contributed by atoms with Crippen molar-refractivity contribution in [1.82, 2.24) is 0 Å². The monoisotopic (exact) mass is 233 g/mol. The van der Waals surface area contributed by atoms with Crippen LogP contribution in [0.2, 0.25) is 0 Å². The second-order valence-electron chi connectivity index (χ2n) is 3.05. The first-order valence-corrected chi connectivity index (χ1v) is 4.55. The Morgan fingerprint density at radius 3 is 1.67 bits per heavy atom. The molecular formula is C13H11CrN. The van der Waals surface area contributed by atoms with E-state index in [1.54, 1.807) is 0 Å². The van der Waals surface area contributed by atoms with Crippen LogP contribution in [0, 0.1) is 12.1 Å². The summed E-state index contributed by atoms with van der Waals surface area (Å²) in [7, 11) is 2.01. The summed E-state index contributed by atoms with van der Waals surface area (Å²) in [6.07, 6.45) is 0. The maximum Gasteiger partial charge on any atom is 2.00 e. The Bertz CT molecular complexity index is 346. The topological polar surface area (TPSA) is 3.24 Å². The third-order valence-electron chi connectivity index (χ3n) is 2.11. The van der Waals surface area contributed by atoms with E-state index in [2.05, 4.69) is 17.0 Å². The van der Waals surface area contributed by atoms with E-state index in [-0.39, 0.29) is 17.4 Å². The van der Waals surface area contributed by atoms with E-state index >= 15 is 0 Å². The molecule has 2 aromatic carbocycles. The SMILES string of the molecule is CN(c1[c-]cccc1)c1[c-]cccc1.[Cr+2]. The standard InChI is InChI=1S/C13H11N.Cr/c1-14(12-8-4-2-5-9-12)13-10-6-3-7-11-13;/h2-8,10H,1H3;/q-2;+2. The van der Waals surface area contributed by atoms with Crippen molar-refractivity contribution in [1.29, 1.82) is 0 Å². The minimum Gasteiger partial charge on any atom is -0.391 e. The number of hydrogen-bond donors (Lipinski definition) is 0. The minimum atomic E-state index is 0. The maximum absolute atomic E-state index is 3.17. The van der Waals surface area contributed by atoms with Gasteiger partial charge in [0.05, 0.1) is 0 Å². The smallest absolute Gasteiger partial charge is 0.391 e. The van der Waals surface area contributed by atoms with Crippen LogP contribution in [0.15, 0.2) is 48.5 Å². The molecule has 0 N–H and O–H groups in total. The number of benzene rings is 2. The Labute approximate surface area is 101 Å². The summed E-state index contributed by atoms with van der Waals surface area (Å²) >= 11 is 0. The summed E-state index contributed by atoms with van der Waals surface area (Å²) in [4.78, 5) is 2.06. The maximum atomic E-state index is 3.17. The molecule has 0 bridgehead atoms. The summed E-state index contributed by atoms with van der Waals surface area (Å²) < 4.78 is 0. The van der Waals surface area contributed by atoms with Gasteiger partial charge in [-0.15, -0.1) is 12.1 Å². The van der Waals surface area contributed by atoms with Crippen LogP contribution < -0.4 is 4.90 Å². The first-order chi connectivity index (χ1) is 6.88. The normalized spacial score (nSPS) is 9.13. The van der Waals surface area contributed by atoms with Crippen molar-refractivity contribution in [3.8, 4) is 0 Å². The molecule has 0 radical (unpaired) electrons. The summed E-state index contributed by atoms with van der Waals surface area (Å²) in [6, 6.07) is 22.2. The second-order valence-corrected chi connectivity index (χ2v) is 3.05. The van der Waals surface area contributed by atoms with Crippen molar-refractivity contribution in [3.63, 3.8) is 0 Å². The molecule has 0 spiro atoms. The zero-order valence-corrected chi connectivity index (χ0v) is 9.75. The first-order valence-electron chi connectivity index (χ1n) is 4.55. The molecule has 0 saturated carbocycles. The average Bonchev–Trinajstić information content (AvgIpc) is 2.30. The van der Waals surface area contributed by atoms with Crippen LogP contribution in [0.5, 0.6) is 0 Å². The van der Waals surface area contributed by atoms with Crippen LogP contribution in [-0.4, -0.2) is 7.05 Å². The minimum absolute atomic E-state index is 0. The third kappa shape index (κ3) is 2.86. The molecule has 0 fully saturated rings. The summed E-state index contributed by atoms with van der Waals surface area (Å²) in [5.41, 5.74) is 2.10. The van der Waals surface area contributed by atoms with Gasteiger partial charge in [0.2, 0.25) is 0 Å². The third-order valence-corrected chi connectivity index (χ3v) is 2.11. The molecule has 0 aliphatic rings. The van der Waals surface area contributed by atoms with Crippen molar-refractivity contribution < 1.29 is 17.4 Å². The molecule has 0 aromatic heterocycles. The zero-order valence-electron chi connectivity index (χ0n) is 8.47. The number of anilines is 2. The summed E-state index contributed by atoms with van der Waals surface area (Å²) in [5, 5.41) is 0. The number of hydrogen-bond acceptors (Lipinski definition) is 1. The number of rotatable bonds is 2. The van der Waals surface area contributed by atoms with Gasteiger partial charge in [0.25, 0.3) is 0 Å². The largest absolute Gasteiger partial charge is 2.00 e. The quantitative estimate of drug-likeness (QED) is 0.720. The molecule has 15 heavy (non-hydrogen) atoms. The first kappa shape index (κ1) is 11.8. The van der Waals surface area contributed by atoms with Crippen molar-refractivity contribution >= 4 is 11.4 Å².